The molecule has 0 aromatic carbocycles. The van der Waals surface area contributed by atoms with Crippen LogP contribution in [0.4, 0.5) is 11.5 Å². The van der Waals surface area contributed by atoms with Gasteiger partial charge in [0.25, 0.3) is 5.91 Å². The Kier molecular flexibility index (Phi) is 6.08. The van der Waals surface area contributed by atoms with E-state index in [2.05, 4.69) is 26.7 Å². The maximum Gasteiger partial charge on any atom is 0.260 e. The molecule has 1 aliphatic heterocycles. The van der Waals surface area contributed by atoms with E-state index in [1.54, 1.807) is 19.4 Å². The van der Waals surface area contributed by atoms with Crippen LogP contribution in [0.5, 0.6) is 0 Å². The van der Waals surface area contributed by atoms with Crippen LogP contribution in [0.2, 0.25) is 0 Å². The molecule has 0 saturated carbocycles. The molecule has 3 aromatic heterocycles. The van der Waals surface area contributed by atoms with E-state index in [9.17, 15) is 10.1 Å². The second-order valence-electron chi connectivity index (χ2n) is 6.93. The Balaban J connectivity index is 1.60. The van der Waals surface area contributed by atoms with Gasteiger partial charge >= 0.3 is 0 Å². The van der Waals surface area contributed by atoms with Crippen molar-refractivity contribution in [3.05, 3.63) is 47.4 Å². The van der Waals surface area contributed by atoms with Crippen molar-refractivity contribution in [3.8, 4) is 6.07 Å². The van der Waals surface area contributed by atoms with E-state index in [-0.39, 0.29) is 5.91 Å². The number of nitrogens with one attached hydrogen (secondary N) is 2. The fourth-order valence-electron chi connectivity index (χ4n) is 3.33. The molecule has 3 aromatic rings. The van der Waals surface area contributed by atoms with Gasteiger partial charge in [-0.15, -0.1) is 0 Å². The zero-order chi connectivity index (χ0) is 21.8. The topological polar surface area (TPSA) is 123 Å². The largest absolute Gasteiger partial charge is 0.383 e. The van der Waals surface area contributed by atoms with E-state index in [0.717, 1.165) is 5.52 Å². The molecule has 0 radical (unpaired) electrons. The minimum Gasteiger partial charge on any atom is -0.383 e. The van der Waals surface area contributed by atoms with E-state index in [1.165, 1.54) is 6.20 Å². The summed E-state index contributed by atoms with van der Waals surface area (Å²) in [5, 5.41) is 15.2. The first-order valence-electron chi connectivity index (χ1n) is 9.74. The second-order valence-corrected chi connectivity index (χ2v) is 6.93. The molecule has 0 aliphatic carbocycles. The van der Waals surface area contributed by atoms with Crippen LogP contribution >= 0.6 is 0 Å². The van der Waals surface area contributed by atoms with E-state index in [1.807, 2.05) is 23.7 Å². The highest BCUT2D eigenvalue weighted by molar-refractivity contribution is 6.11. The first-order chi connectivity index (χ1) is 15.1. The molecule has 1 fully saturated rings. The molecule has 31 heavy (non-hydrogen) atoms. The lowest BCUT2D eigenvalue weighted by atomic mass is 10.2. The fourth-order valence-corrected chi connectivity index (χ4v) is 3.33. The van der Waals surface area contributed by atoms with Crippen LogP contribution in [-0.2, 0) is 21.3 Å². The number of amides is 1. The molecule has 1 saturated heterocycles. The molecule has 0 unspecified atom stereocenters. The van der Waals surface area contributed by atoms with Crippen molar-refractivity contribution >= 4 is 28.4 Å². The number of methoxy groups -OCH3 is 1. The number of aryl methyl sites for hydroxylation is 1. The number of anilines is 2. The van der Waals surface area contributed by atoms with Crippen LogP contribution in [0.25, 0.3) is 11.0 Å². The molecule has 0 bridgehead atoms. The van der Waals surface area contributed by atoms with E-state index in [0.29, 0.717) is 60.2 Å². The molecule has 10 heteroatoms. The molecule has 2 N–H and O–H groups in total. The Hall–Kier alpha value is -3.52. The molecule has 0 spiro atoms. The normalized spacial score (nSPS) is 14.0. The summed E-state index contributed by atoms with van der Waals surface area (Å²) in [4.78, 5) is 21.8. The zero-order valence-electron chi connectivity index (χ0n) is 17.2. The maximum absolute atomic E-state index is 13.0. The average Bonchev–Trinajstić information content (AvgIpc) is 3.42. The molecule has 1 aliphatic rings. The Bertz CT molecular complexity index is 1150. The van der Waals surface area contributed by atoms with E-state index < -0.39 is 6.29 Å². The molecule has 1 amide bonds. The first kappa shape index (κ1) is 20.7. The van der Waals surface area contributed by atoms with Gasteiger partial charge in [0.15, 0.2) is 0 Å². The van der Waals surface area contributed by atoms with E-state index >= 15 is 0 Å². The lowest BCUT2D eigenvalue weighted by molar-refractivity contribution is -0.0470. The zero-order valence-corrected chi connectivity index (χ0v) is 17.2. The van der Waals surface area contributed by atoms with Gasteiger partial charge in [0.1, 0.15) is 17.4 Å². The summed E-state index contributed by atoms with van der Waals surface area (Å²) in [6.45, 7) is 2.02. The van der Waals surface area contributed by atoms with Gasteiger partial charge in [-0.25, -0.2) is 9.97 Å². The third kappa shape index (κ3) is 4.34. The van der Waals surface area contributed by atoms with Crippen LogP contribution in [0, 0.1) is 11.3 Å². The molecular formula is C21H22N6O4. The number of aromatic nitrogens is 3. The maximum atomic E-state index is 13.0. The van der Waals surface area contributed by atoms with Gasteiger partial charge in [0.2, 0.25) is 6.29 Å². The summed E-state index contributed by atoms with van der Waals surface area (Å²) >= 11 is 0. The van der Waals surface area contributed by atoms with Gasteiger partial charge in [0, 0.05) is 39.2 Å². The number of ether oxygens (including phenoxy) is 3. The van der Waals surface area contributed by atoms with Crippen molar-refractivity contribution < 1.29 is 19.0 Å². The molecular weight excluding hydrogens is 400 g/mol. The number of fused-ring (bicyclic) bond motifs is 1. The Morgan fingerprint density at radius 1 is 1.39 bits per heavy atom. The molecule has 4 heterocycles. The summed E-state index contributed by atoms with van der Waals surface area (Å²) in [5.41, 5.74) is 3.31. The van der Waals surface area contributed by atoms with Crippen molar-refractivity contribution in [2.45, 2.75) is 6.29 Å². The van der Waals surface area contributed by atoms with Gasteiger partial charge in [-0.3, -0.25) is 4.79 Å². The second kappa shape index (κ2) is 9.09. The standard InChI is InChI=1S/C21H22N6O4/c1-27-12-14(19-17(27)4-3-15(25-19)21-30-7-8-31-21)20(28)26-18-9-16(23-5-6-29-2)13(10-22)11-24-18/h3-4,9,11-12,21H,5-8H2,1-2H3,(H2,23,24,26,28). The number of hydrogen-bond acceptors (Lipinski definition) is 8. The third-order valence-electron chi connectivity index (χ3n) is 4.85. The fraction of sp³-hybridized carbons (Fsp3) is 0.333. The van der Waals surface area contributed by atoms with Gasteiger partial charge < -0.3 is 29.4 Å². The molecule has 160 valence electrons. The van der Waals surface area contributed by atoms with Crippen LogP contribution in [0.3, 0.4) is 0 Å². The number of hydrogen-bond donors (Lipinski definition) is 2. The molecule has 4 rings (SSSR count). The number of pyridine rings is 2. The lowest BCUT2D eigenvalue weighted by Crippen LogP contribution is -2.14. The van der Waals surface area contributed by atoms with Crippen molar-refractivity contribution in [2.75, 3.05) is 44.1 Å². The Morgan fingerprint density at radius 2 is 2.19 bits per heavy atom. The molecule has 0 atom stereocenters. The number of carbonyl (C=O) groups is 1. The number of nitriles is 1. The number of rotatable bonds is 7. The van der Waals surface area contributed by atoms with E-state index in [4.69, 9.17) is 14.2 Å². The summed E-state index contributed by atoms with van der Waals surface area (Å²) in [6.07, 6.45) is 2.61. The predicted octanol–water partition coefficient (Wildman–Crippen LogP) is 2.20. The predicted molar refractivity (Wildman–Crippen MR) is 113 cm³/mol. The Morgan fingerprint density at radius 3 is 2.94 bits per heavy atom. The van der Waals surface area contributed by atoms with Crippen LogP contribution in [-0.4, -0.2) is 53.9 Å². The van der Waals surface area contributed by atoms with Crippen LogP contribution < -0.4 is 10.6 Å². The van der Waals surface area contributed by atoms with Crippen LogP contribution in [0.15, 0.2) is 30.6 Å². The minimum absolute atomic E-state index is 0.319. The minimum atomic E-state index is -0.526. The quantitative estimate of drug-likeness (QED) is 0.556. The highest BCUT2D eigenvalue weighted by Gasteiger charge is 2.23. The van der Waals surface area contributed by atoms with Gasteiger partial charge in [-0.1, -0.05) is 0 Å². The van der Waals surface area contributed by atoms with Crippen molar-refractivity contribution in [1.29, 1.82) is 5.26 Å². The van der Waals surface area contributed by atoms with Crippen molar-refractivity contribution in [1.82, 2.24) is 14.5 Å². The monoisotopic (exact) mass is 422 g/mol. The first-order valence-corrected chi connectivity index (χ1v) is 9.74. The summed E-state index contributed by atoms with van der Waals surface area (Å²) in [7, 11) is 3.44. The Labute approximate surface area is 178 Å². The average molecular weight is 422 g/mol. The summed E-state index contributed by atoms with van der Waals surface area (Å²) in [5.74, 6) is -0.0388. The van der Waals surface area contributed by atoms with Crippen molar-refractivity contribution in [2.24, 2.45) is 7.05 Å². The highest BCUT2D eigenvalue weighted by atomic mass is 16.7. The van der Waals surface area contributed by atoms with Crippen molar-refractivity contribution in [3.63, 3.8) is 0 Å². The van der Waals surface area contributed by atoms with Crippen LogP contribution in [0.1, 0.15) is 27.9 Å². The highest BCUT2D eigenvalue weighted by Crippen LogP contribution is 2.27. The summed E-state index contributed by atoms with van der Waals surface area (Å²) < 4.78 is 17.9. The molecule has 10 nitrogen and oxygen atoms in total. The number of nitrogens with zero attached hydrogens (tertiary/aromatic N) is 4. The number of carbonyl (C=O) groups excluding carboxylic acids is 1. The van der Waals surface area contributed by atoms with Gasteiger partial charge in [-0.2, -0.15) is 5.26 Å². The third-order valence-corrected chi connectivity index (χ3v) is 4.85. The van der Waals surface area contributed by atoms with Gasteiger partial charge in [-0.05, 0) is 12.1 Å². The summed E-state index contributed by atoms with van der Waals surface area (Å²) in [6, 6.07) is 7.42. The van der Waals surface area contributed by atoms with Gasteiger partial charge in [0.05, 0.1) is 47.8 Å². The SMILES string of the molecule is COCCNc1cc(NC(=O)c2cn(C)c3ccc(C4OCCO4)nc23)ncc1C#N. The lowest BCUT2D eigenvalue weighted by Gasteiger charge is -2.10. The smallest absolute Gasteiger partial charge is 0.260 e.